The predicted molar refractivity (Wildman–Crippen MR) is 82.2 cm³/mol. The van der Waals surface area contributed by atoms with Crippen LogP contribution < -0.4 is 0 Å². The number of rotatable bonds is 9. The fourth-order valence-electron chi connectivity index (χ4n) is 1.92. The number of hydrogen-bond acceptors (Lipinski definition) is 3. The molecule has 0 heterocycles. The summed E-state index contributed by atoms with van der Waals surface area (Å²) in [6.07, 6.45) is 3.65. The van der Waals surface area contributed by atoms with Crippen molar-refractivity contribution in [3.63, 3.8) is 0 Å². The molecule has 0 fully saturated rings. The van der Waals surface area contributed by atoms with Gasteiger partial charge in [-0.25, -0.2) is 0 Å². The minimum absolute atomic E-state index is 0.168. The highest BCUT2D eigenvalue weighted by Gasteiger charge is 2.17. The largest absolute Gasteiger partial charge is 0.461 e. The third kappa shape index (κ3) is 5.85. The van der Waals surface area contributed by atoms with Gasteiger partial charge in [-0.3, -0.25) is 9.69 Å². The van der Waals surface area contributed by atoms with Crippen molar-refractivity contribution in [3.05, 3.63) is 61.2 Å². The highest BCUT2D eigenvalue weighted by molar-refractivity contribution is 5.72. The molecule has 0 bridgehead atoms. The van der Waals surface area contributed by atoms with Gasteiger partial charge in [0.2, 0.25) is 0 Å². The Morgan fingerprint density at radius 2 is 1.85 bits per heavy atom. The van der Waals surface area contributed by atoms with E-state index in [1.54, 1.807) is 0 Å². The lowest BCUT2D eigenvalue weighted by Crippen LogP contribution is -2.33. The van der Waals surface area contributed by atoms with Crippen molar-refractivity contribution in [2.75, 3.05) is 19.6 Å². The van der Waals surface area contributed by atoms with Crippen LogP contribution in [0.4, 0.5) is 0 Å². The zero-order chi connectivity index (χ0) is 14.8. The first kappa shape index (κ1) is 16.2. The number of esters is 1. The molecule has 0 aliphatic carbocycles. The standard InChI is InChI=1S/C17H23NO2/c1-4-11-18(12-5-2)13-15(3)17(19)20-14-16-9-7-6-8-10-16/h4-10,15H,1-2,11-14H2,3H3. The molecule has 0 spiro atoms. The summed E-state index contributed by atoms with van der Waals surface area (Å²) in [7, 11) is 0. The van der Waals surface area contributed by atoms with Crippen LogP contribution in [0.25, 0.3) is 0 Å². The lowest BCUT2D eigenvalue weighted by Gasteiger charge is -2.22. The minimum Gasteiger partial charge on any atom is -0.461 e. The highest BCUT2D eigenvalue weighted by atomic mass is 16.5. The van der Waals surface area contributed by atoms with Gasteiger partial charge in [-0.15, -0.1) is 13.2 Å². The molecule has 3 nitrogen and oxygen atoms in total. The van der Waals surface area contributed by atoms with Crippen molar-refractivity contribution >= 4 is 5.97 Å². The maximum atomic E-state index is 12.0. The average molecular weight is 273 g/mol. The molecule has 1 aromatic carbocycles. The van der Waals surface area contributed by atoms with Gasteiger partial charge >= 0.3 is 5.97 Å². The zero-order valence-corrected chi connectivity index (χ0v) is 12.1. The fourth-order valence-corrected chi connectivity index (χ4v) is 1.92. The molecular formula is C17H23NO2. The van der Waals surface area contributed by atoms with Crippen molar-refractivity contribution in [1.29, 1.82) is 0 Å². The van der Waals surface area contributed by atoms with Crippen LogP contribution in [-0.4, -0.2) is 30.5 Å². The van der Waals surface area contributed by atoms with Gasteiger partial charge in [0.1, 0.15) is 6.61 Å². The smallest absolute Gasteiger partial charge is 0.310 e. The second-order valence-electron chi connectivity index (χ2n) is 4.79. The van der Waals surface area contributed by atoms with E-state index >= 15 is 0 Å². The summed E-state index contributed by atoms with van der Waals surface area (Å²) < 4.78 is 5.33. The Morgan fingerprint density at radius 1 is 1.25 bits per heavy atom. The topological polar surface area (TPSA) is 29.5 Å². The molecule has 1 unspecified atom stereocenters. The van der Waals surface area contributed by atoms with E-state index in [-0.39, 0.29) is 11.9 Å². The SMILES string of the molecule is C=CCN(CC=C)CC(C)C(=O)OCc1ccccc1. The van der Waals surface area contributed by atoms with Gasteiger partial charge in [-0.05, 0) is 5.56 Å². The summed E-state index contributed by atoms with van der Waals surface area (Å²) in [6, 6.07) is 9.70. The molecule has 20 heavy (non-hydrogen) atoms. The molecule has 0 radical (unpaired) electrons. The third-order valence-electron chi connectivity index (χ3n) is 2.93. The van der Waals surface area contributed by atoms with Gasteiger partial charge in [0.25, 0.3) is 0 Å². The van der Waals surface area contributed by atoms with Crippen LogP contribution in [0.2, 0.25) is 0 Å². The average Bonchev–Trinajstić information content (AvgIpc) is 2.46. The van der Waals surface area contributed by atoms with Crippen molar-refractivity contribution in [2.24, 2.45) is 5.92 Å². The van der Waals surface area contributed by atoms with Crippen molar-refractivity contribution in [3.8, 4) is 0 Å². The normalized spacial score (nSPS) is 11.9. The molecule has 0 aliphatic heterocycles. The Hall–Kier alpha value is -1.87. The zero-order valence-electron chi connectivity index (χ0n) is 12.1. The van der Waals surface area contributed by atoms with Gasteiger partial charge in [-0.1, -0.05) is 49.4 Å². The number of carbonyl (C=O) groups excluding carboxylic acids is 1. The third-order valence-corrected chi connectivity index (χ3v) is 2.93. The summed E-state index contributed by atoms with van der Waals surface area (Å²) in [6.45, 7) is 11.8. The van der Waals surface area contributed by atoms with Crippen molar-refractivity contribution < 1.29 is 9.53 Å². The Labute approximate surface area is 121 Å². The molecule has 3 heteroatoms. The Kier molecular flexibility index (Phi) is 7.36. The van der Waals surface area contributed by atoms with Crippen molar-refractivity contribution in [2.45, 2.75) is 13.5 Å². The molecule has 1 rings (SSSR count). The van der Waals surface area contributed by atoms with E-state index in [1.165, 1.54) is 0 Å². The van der Waals surface area contributed by atoms with E-state index in [4.69, 9.17) is 4.74 Å². The summed E-state index contributed by atoms with van der Waals surface area (Å²) in [5, 5.41) is 0. The molecule has 0 aromatic heterocycles. The molecule has 0 saturated carbocycles. The molecule has 0 saturated heterocycles. The van der Waals surface area contributed by atoms with Gasteiger partial charge in [0, 0.05) is 19.6 Å². The van der Waals surface area contributed by atoms with E-state index in [9.17, 15) is 4.79 Å². The first-order valence-corrected chi connectivity index (χ1v) is 6.82. The van der Waals surface area contributed by atoms with Crippen LogP contribution in [0.15, 0.2) is 55.6 Å². The molecule has 1 atom stereocenters. The number of carbonyl (C=O) groups is 1. The van der Waals surface area contributed by atoms with E-state index in [0.29, 0.717) is 13.2 Å². The van der Waals surface area contributed by atoms with E-state index in [1.807, 2.05) is 49.4 Å². The molecule has 0 N–H and O–H groups in total. The Bertz CT molecular complexity index is 418. The summed E-state index contributed by atoms with van der Waals surface area (Å²) >= 11 is 0. The number of benzene rings is 1. The molecule has 1 aromatic rings. The van der Waals surface area contributed by atoms with Crippen LogP contribution >= 0.6 is 0 Å². The Balaban J connectivity index is 2.41. The first-order valence-electron chi connectivity index (χ1n) is 6.82. The number of hydrogen-bond donors (Lipinski definition) is 0. The maximum Gasteiger partial charge on any atom is 0.310 e. The lowest BCUT2D eigenvalue weighted by atomic mass is 10.1. The van der Waals surface area contributed by atoms with Crippen LogP contribution in [0, 0.1) is 5.92 Å². The quantitative estimate of drug-likeness (QED) is 0.511. The van der Waals surface area contributed by atoms with Gasteiger partial charge < -0.3 is 4.74 Å². The number of nitrogens with zero attached hydrogens (tertiary/aromatic N) is 1. The van der Waals surface area contributed by atoms with Crippen LogP contribution in [0.5, 0.6) is 0 Å². The monoisotopic (exact) mass is 273 g/mol. The van der Waals surface area contributed by atoms with E-state index < -0.39 is 0 Å². The van der Waals surface area contributed by atoms with Crippen LogP contribution in [0.1, 0.15) is 12.5 Å². The predicted octanol–water partition coefficient (Wildman–Crippen LogP) is 3.04. The molecule has 108 valence electrons. The van der Waals surface area contributed by atoms with Crippen LogP contribution in [-0.2, 0) is 16.1 Å². The van der Waals surface area contributed by atoms with Gasteiger partial charge in [-0.2, -0.15) is 0 Å². The highest BCUT2D eigenvalue weighted by Crippen LogP contribution is 2.07. The van der Waals surface area contributed by atoms with Gasteiger partial charge in [0.15, 0.2) is 0 Å². The van der Waals surface area contributed by atoms with E-state index in [0.717, 1.165) is 18.7 Å². The first-order chi connectivity index (χ1) is 9.67. The van der Waals surface area contributed by atoms with E-state index in [2.05, 4.69) is 18.1 Å². The summed E-state index contributed by atoms with van der Waals surface area (Å²) in [4.78, 5) is 14.1. The minimum atomic E-state index is -0.174. The lowest BCUT2D eigenvalue weighted by molar-refractivity contribution is -0.149. The maximum absolute atomic E-state index is 12.0. The number of ether oxygens (including phenoxy) is 1. The van der Waals surface area contributed by atoms with Gasteiger partial charge in [0.05, 0.1) is 5.92 Å². The second-order valence-corrected chi connectivity index (χ2v) is 4.79. The van der Waals surface area contributed by atoms with Crippen molar-refractivity contribution in [1.82, 2.24) is 4.90 Å². The van der Waals surface area contributed by atoms with Crippen LogP contribution in [0.3, 0.4) is 0 Å². The molecule has 0 aliphatic rings. The fraction of sp³-hybridized carbons (Fsp3) is 0.353. The molecule has 0 amide bonds. The summed E-state index contributed by atoms with van der Waals surface area (Å²) in [5.74, 6) is -0.342. The Morgan fingerprint density at radius 3 is 2.40 bits per heavy atom. The second kappa shape index (κ2) is 9.10. The molecular weight excluding hydrogens is 250 g/mol. The summed E-state index contributed by atoms with van der Waals surface area (Å²) in [5.41, 5.74) is 1.00.